The fourth-order valence-electron chi connectivity index (χ4n) is 2.10. The molecular weight excluding hydrogens is 224 g/mol. The molecule has 0 saturated heterocycles. The third-order valence-corrected chi connectivity index (χ3v) is 3.32. The topological polar surface area (TPSA) is 50.9 Å². The molecule has 1 aliphatic carbocycles. The van der Waals surface area contributed by atoms with E-state index in [4.69, 9.17) is 5.73 Å². The van der Waals surface area contributed by atoms with Crippen LogP contribution >= 0.6 is 0 Å². The second-order valence-corrected chi connectivity index (χ2v) is 4.79. The van der Waals surface area contributed by atoms with E-state index in [-0.39, 0.29) is 17.1 Å². The molecule has 0 spiro atoms. The van der Waals surface area contributed by atoms with Gasteiger partial charge in [-0.15, -0.1) is 0 Å². The number of hydrogen-bond acceptors (Lipinski definition) is 3. The van der Waals surface area contributed by atoms with Crippen molar-refractivity contribution in [3.63, 3.8) is 0 Å². The summed E-state index contributed by atoms with van der Waals surface area (Å²) >= 11 is 0. The Bertz CT molecular complexity index is 416. The van der Waals surface area contributed by atoms with Crippen LogP contribution in [0.2, 0.25) is 0 Å². The molecule has 0 aromatic carbocycles. The minimum atomic E-state index is -0.817. The maximum absolute atomic E-state index is 13.4. The van der Waals surface area contributed by atoms with Crippen molar-refractivity contribution in [2.24, 2.45) is 5.41 Å². The van der Waals surface area contributed by atoms with Crippen molar-refractivity contribution >= 4 is 11.6 Å². The van der Waals surface area contributed by atoms with Gasteiger partial charge in [-0.2, -0.15) is 0 Å². The fraction of sp³-hybridized carbons (Fsp3) is 0.583. The first-order valence-electron chi connectivity index (χ1n) is 5.92. The van der Waals surface area contributed by atoms with Gasteiger partial charge >= 0.3 is 0 Å². The lowest BCUT2D eigenvalue weighted by atomic mass is 10.0. The highest BCUT2D eigenvalue weighted by atomic mass is 19.1. The lowest BCUT2D eigenvalue weighted by Crippen LogP contribution is -2.17. The lowest BCUT2D eigenvalue weighted by Gasteiger charge is -2.15. The zero-order chi connectivity index (χ0) is 12.5. The van der Waals surface area contributed by atoms with Crippen LogP contribution in [0.15, 0.2) is 6.07 Å². The molecule has 0 atom stereocenters. The number of nitrogens with zero attached hydrogens (tertiary/aromatic N) is 1. The van der Waals surface area contributed by atoms with Crippen LogP contribution in [0.25, 0.3) is 0 Å². The molecule has 0 amide bonds. The summed E-state index contributed by atoms with van der Waals surface area (Å²) in [7, 11) is 0. The van der Waals surface area contributed by atoms with E-state index in [2.05, 4.69) is 17.2 Å². The van der Waals surface area contributed by atoms with E-state index in [1.807, 2.05) is 0 Å². The molecule has 3 N–H and O–H groups in total. The van der Waals surface area contributed by atoms with Crippen LogP contribution in [0.4, 0.5) is 20.4 Å². The number of aromatic nitrogens is 1. The van der Waals surface area contributed by atoms with Crippen LogP contribution in [0.5, 0.6) is 0 Å². The average molecular weight is 241 g/mol. The molecule has 2 rings (SSSR count). The van der Waals surface area contributed by atoms with Crippen LogP contribution in [-0.2, 0) is 0 Å². The van der Waals surface area contributed by atoms with Crippen LogP contribution in [0.3, 0.4) is 0 Å². The van der Waals surface area contributed by atoms with Crippen molar-refractivity contribution in [3.8, 4) is 0 Å². The predicted octanol–water partition coefficient (Wildman–Crippen LogP) is 2.93. The Morgan fingerprint density at radius 2 is 2.12 bits per heavy atom. The minimum absolute atomic E-state index is 0.0475. The van der Waals surface area contributed by atoms with Crippen LogP contribution in [0.1, 0.15) is 32.6 Å². The average Bonchev–Trinajstić information content (AvgIpc) is 3.03. The summed E-state index contributed by atoms with van der Waals surface area (Å²) in [5.74, 6) is -1.73. The van der Waals surface area contributed by atoms with Gasteiger partial charge in [0.25, 0.3) is 0 Å². The standard InChI is InChI=1S/C12H17F2N3/c1-2-3-12(4-5-12)7-16-11-9(14)6-8(13)10(15)17-11/h6H,2-5,7H2,1H3,(H3,15,16,17). The van der Waals surface area contributed by atoms with Gasteiger partial charge in [0.15, 0.2) is 23.3 Å². The first-order chi connectivity index (χ1) is 8.06. The Balaban J connectivity index is 2.02. The summed E-state index contributed by atoms with van der Waals surface area (Å²) in [6.45, 7) is 2.81. The SMILES string of the molecule is CCCC1(CNc2nc(N)c(F)cc2F)CC1. The Morgan fingerprint density at radius 3 is 2.71 bits per heavy atom. The minimum Gasteiger partial charge on any atom is -0.381 e. The molecule has 0 bridgehead atoms. The molecule has 17 heavy (non-hydrogen) atoms. The molecule has 94 valence electrons. The number of nitrogen functional groups attached to an aromatic ring is 1. The maximum atomic E-state index is 13.4. The third kappa shape index (κ3) is 2.65. The molecule has 5 heteroatoms. The number of hydrogen-bond donors (Lipinski definition) is 2. The largest absolute Gasteiger partial charge is 0.381 e. The summed E-state index contributed by atoms with van der Waals surface area (Å²) in [6, 6.07) is 0.768. The van der Waals surface area contributed by atoms with Crippen molar-refractivity contribution in [1.82, 2.24) is 4.98 Å². The summed E-state index contributed by atoms with van der Waals surface area (Å²) < 4.78 is 26.3. The van der Waals surface area contributed by atoms with Gasteiger partial charge in [-0.25, -0.2) is 13.8 Å². The third-order valence-electron chi connectivity index (χ3n) is 3.32. The van der Waals surface area contributed by atoms with Crippen molar-refractivity contribution in [3.05, 3.63) is 17.7 Å². The first-order valence-corrected chi connectivity index (χ1v) is 5.92. The van der Waals surface area contributed by atoms with Crippen LogP contribution in [0, 0.1) is 17.0 Å². The van der Waals surface area contributed by atoms with E-state index < -0.39 is 11.6 Å². The molecule has 1 saturated carbocycles. The van der Waals surface area contributed by atoms with Gasteiger partial charge in [0.05, 0.1) is 0 Å². The number of rotatable bonds is 5. The number of nitrogens with two attached hydrogens (primary N) is 1. The van der Waals surface area contributed by atoms with E-state index in [0.29, 0.717) is 6.54 Å². The van der Waals surface area contributed by atoms with Gasteiger partial charge in [0.2, 0.25) is 0 Å². The summed E-state index contributed by atoms with van der Waals surface area (Å²) in [5, 5.41) is 2.94. The zero-order valence-electron chi connectivity index (χ0n) is 9.89. The molecule has 1 heterocycles. The first kappa shape index (κ1) is 12.1. The molecule has 1 aromatic rings. The lowest BCUT2D eigenvalue weighted by molar-refractivity contribution is 0.482. The second kappa shape index (κ2) is 4.47. The van der Waals surface area contributed by atoms with Crippen molar-refractivity contribution in [2.45, 2.75) is 32.6 Å². The Morgan fingerprint density at radius 1 is 1.41 bits per heavy atom. The zero-order valence-corrected chi connectivity index (χ0v) is 9.89. The normalized spacial score (nSPS) is 16.9. The van der Waals surface area contributed by atoms with Gasteiger partial charge in [-0.3, -0.25) is 0 Å². The molecule has 0 radical (unpaired) electrons. The van der Waals surface area contributed by atoms with Crippen molar-refractivity contribution < 1.29 is 8.78 Å². The highest BCUT2D eigenvalue weighted by Crippen LogP contribution is 2.49. The van der Waals surface area contributed by atoms with Crippen molar-refractivity contribution in [2.75, 3.05) is 17.6 Å². The van der Waals surface area contributed by atoms with Crippen LogP contribution in [-0.4, -0.2) is 11.5 Å². The van der Waals surface area contributed by atoms with Gasteiger partial charge in [0, 0.05) is 12.6 Å². The van der Waals surface area contributed by atoms with E-state index in [1.165, 1.54) is 0 Å². The second-order valence-electron chi connectivity index (χ2n) is 4.79. The highest BCUT2D eigenvalue weighted by molar-refractivity contribution is 5.45. The Hall–Kier alpha value is -1.39. The maximum Gasteiger partial charge on any atom is 0.168 e. The van der Waals surface area contributed by atoms with Crippen LogP contribution < -0.4 is 11.1 Å². The molecule has 1 aromatic heterocycles. The molecule has 0 aliphatic heterocycles. The van der Waals surface area contributed by atoms with Gasteiger partial charge in [0.1, 0.15) is 0 Å². The fourth-order valence-corrected chi connectivity index (χ4v) is 2.10. The van der Waals surface area contributed by atoms with E-state index in [0.717, 1.165) is 31.7 Å². The Labute approximate surface area is 99.4 Å². The Kier molecular flexibility index (Phi) is 3.17. The summed E-state index contributed by atoms with van der Waals surface area (Å²) in [4.78, 5) is 3.68. The molecule has 1 aliphatic rings. The number of halogens is 2. The van der Waals surface area contributed by atoms with Gasteiger partial charge < -0.3 is 11.1 Å². The number of anilines is 2. The number of pyridine rings is 1. The molecule has 3 nitrogen and oxygen atoms in total. The van der Waals surface area contributed by atoms with Gasteiger partial charge in [-0.1, -0.05) is 13.3 Å². The summed E-state index contributed by atoms with van der Waals surface area (Å²) in [6.07, 6.45) is 4.56. The predicted molar refractivity (Wildman–Crippen MR) is 63.6 cm³/mol. The van der Waals surface area contributed by atoms with E-state index in [9.17, 15) is 8.78 Å². The molecule has 1 fully saturated rings. The monoisotopic (exact) mass is 241 g/mol. The van der Waals surface area contributed by atoms with Crippen molar-refractivity contribution in [1.29, 1.82) is 0 Å². The van der Waals surface area contributed by atoms with E-state index >= 15 is 0 Å². The highest BCUT2D eigenvalue weighted by Gasteiger charge is 2.41. The quantitative estimate of drug-likeness (QED) is 0.833. The molecular formula is C12H17F2N3. The smallest absolute Gasteiger partial charge is 0.168 e. The van der Waals surface area contributed by atoms with Gasteiger partial charge in [-0.05, 0) is 24.7 Å². The van der Waals surface area contributed by atoms with E-state index in [1.54, 1.807) is 0 Å². The summed E-state index contributed by atoms with van der Waals surface area (Å²) in [5.41, 5.74) is 5.59. The molecule has 0 unspecified atom stereocenters. The number of nitrogens with one attached hydrogen (secondary N) is 1.